The van der Waals surface area contributed by atoms with Gasteiger partial charge in [-0.2, -0.15) is 0 Å². The second-order valence-electron chi connectivity index (χ2n) is 6.97. The Morgan fingerprint density at radius 3 is 2.48 bits per heavy atom. The number of ether oxygens (including phenoxy) is 2. The van der Waals surface area contributed by atoms with E-state index in [4.69, 9.17) is 15.3 Å². The molecule has 2 unspecified atom stereocenters. The van der Waals surface area contributed by atoms with Crippen molar-refractivity contribution in [2.75, 3.05) is 13.7 Å². The number of nitrogens with two attached hydrogens (primary N) is 1. The van der Waals surface area contributed by atoms with Gasteiger partial charge in [0, 0.05) is 13.7 Å². The van der Waals surface area contributed by atoms with Crippen molar-refractivity contribution in [1.29, 1.82) is 0 Å². The molecule has 1 saturated carbocycles. The van der Waals surface area contributed by atoms with Crippen molar-refractivity contribution in [1.82, 2.24) is 5.43 Å². The van der Waals surface area contributed by atoms with E-state index in [0.717, 1.165) is 32.3 Å². The van der Waals surface area contributed by atoms with Crippen LogP contribution in [0.3, 0.4) is 0 Å². The molecule has 3 N–H and O–H groups in total. The summed E-state index contributed by atoms with van der Waals surface area (Å²) in [6.45, 7) is 5.27. The summed E-state index contributed by atoms with van der Waals surface area (Å²) in [6.07, 6.45) is 10.6. The summed E-state index contributed by atoms with van der Waals surface area (Å²) in [5.41, 5.74) is 3.07. The Morgan fingerprint density at radius 2 is 1.95 bits per heavy atom. The molecule has 2 rings (SSSR count). The number of nitrogens with one attached hydrogen (secondary N) is 1. The molecule has 21 heavy (non-hydrogen) atoms. The van der Waals surface area contributed by atoms with E-state index in [2.05, 4.69) is 19.3 Å². The number of methoxy groups -OCH3 is 1. The Morgan fingerprint density at radius 1 is 1.29 bits per heavy atom. The van der Waals surface area contributed by atoms with Gasteiger partial charge in [0.1, 0.15) is 0 Å². The van der Waals surface area contributed by atoms with E-state index in [9.17, 15) is 0 Å². The van der Waals surface area contributed by atoms with Crippen LogP contribution in [-0.4, -0.2) is 31.0 Å². The van der Waals surface area contributed by atoms with Gasteiger partial charge in [-0.05, 0) is 44.4 Å². The predicted molar refractivity (Wildman–Crippen MR) is 85.9 cm³/mol. The second-order valence-corrected chi connectivity index (χ2v) is 6.97. The molecule has 0 amide bonds. The molecule has 0 aromatic carbocycles. The lowest BCUT2D eigenvalue weighted by molar-refractivity contribution is -0.142. The van der Waals surface area contributed by atoms with Crippen molar-refractivity contribution in [2.24, 2.45) is 11.8 Å². The molecule has 1 aliphatic heterocycles. The lowest BCUT2D eigenvalue weighted by Crippen LogP contribution is -2.60. The highest BCUT2D eigenvalue weighted by Crippen LogP contribution is 2.44. The molecule has 0 aromatic heterocycles. The SMILES string of the molecule is CCC(CC)(OC)C(NN)C1CCOC2(CCCCC2)C1. The maximum Gasteiger partial charge on any atom is 0.0841 e. The molecule has 0 aromatic rings. The Labute approximate surface area is 130 Å². The van der Waals surface area contributed by atoms with E-state index in [1.165, 1.54) is 32.1 Å². The minimum atomic E-state index is -0.160. The van der Waals surface area contributed by atoms with Crippen LogP contribution in [0.5, 0.6) is 0 Å². The molecular formula is C17H34N2O2. The first-order chi connectivity index (χ1) is 10.2. The summed E-state index contributed by atoms with van der Waals surface area (Å²) >= 11 is 0. The molecule has 1 saturated heterocycles. The molecule has 0 radical (unpaired) electrons. The molecule has 2 atom stereocenters. The molecule has 4 nitrogen and oxygen atoms in total. The maximum atomic E-state index is 6.24. The van der Waals surface area contributed by atoms with Crippen LogP contribution >= 0.6 is 0 Å². The molecule has 2 aliphatic rings. The summed E-state index contributed by atoms with van der Waals surface area (Å²) in [5.74, 6) is 6.51. The number of hydrogen-bond donors (Lipinski definition) is 2. The van der Waals surface area contributed by atoms with E-state index in [0.29, 0.717) is 5.92 Å². The Hall–Kier alpha value is -0.160. The monoisotopic (exact) mass is 298 g/mol. The van der Waals surface area contributed by atoms with E-state index in [1.54, 1.807) is 0 Å². The van der Waals surface area contributed by atoms with Crippen LogP contribution in [0.15, 0.2) is 0 Å². The van der Waals surface area contributed by atoms with Crippen LogP contribution in [0.2, 0.25) is 0 Å². The average molecular weight is 298 g/mol. The lowest BCUT2D eigenvalue weighted by Gasteiger charge is -2.49. The molecule has 0 bridgehead atoms. The van der Waals surface area contributed by atoms with E-state index < -0.39 is 0 Å². The van der Waals surface area contributed by atoms with Crippen LogP contribution < -0.4 is 11.3 Å². The van der Waals surface area contributed by atoms with Crippen molar-refractivity contribution >= 4 is 0 Å². The van der Waals surface area contributed by atoms with Gasteiger partial charge in [0.2, 0.25) is 0 Å². The second kappa shape index (κ2) is 7.40. The normalized spacial score (nSPS) is 27.7. The zero-order valence-electron chi connectivity index (χ0n) is 14.1. The minimum Gasteiger partial charge on any atom is -0.377 e. The van der Waals surface area contributed by atoms with Crippen LogP contribution in [0.1, 0.15) is 71.6 Å². The first-order valence-electron chi connectivity index (χ1n) is 8.80. The topological polar surface area (TPSA) is 56.5 Å². The molecule has 1 heterocycles. The number of hydrazine groups is 1. The van der Waals surface area contributed by atoms with Crippen molar-refractivity contribution in [3.05, 3.63) is 0 Å². The number of rotatable bonds is 6. The summed E-state index contributed by atoms with van der Waals surface area (Å²) in [6, 6.07) is 0.209. The average Bonchev–Trinajstić information content (AvgIpc) is 2.53. The molecule has 2 fully saturated rings. The fraction of sp³-hybridized carbons (Fsp3) is 1.00. The van der Waals surface area contributed by atoms with Crippen LogP contribution in [0.4, 0.5) is 0 Å². The third kappa shape index (κ3) is 3.44. The Kier molecular flexibility index (Phi) is 6.06. The first-order valence-corrected chi connectivity index (χ1v) is 8.80. The van der Waals surface area contributed by atoms with Gasteiger partial charge < -0.3 is 9.47 Å². The largest absolute Gasteiger partial charge is 0.377 e. The molecular weight excluding hydrogens is 264 g/mol. The Balaban J connectivity index is 2.13. The minimum absolute atomic E-state index is 0.122. The van der Waals surface area contributed by atoms with Crippen molar-refractivity contribution in [3.8, 4) is 0 Å². The van der Waals surface area contributed by atoms with Crippen LogP contribution in [-0.2, 0) is 9.47 Å². The van der Waals surface area contributed by atoms with Gasteiger partial charge in [-0.3, -0.25) is 11.3 Å². The first kappa shape index (κ1) is 17.2. The van der Waals surface area contributed by atoms with Crippen molar-refractivity contribution in [3.63, 3.8) is 0 Å². The zero-order valence-corrected chi connectivity index (χ0v) is 14.1. The summed E-state index contributed by atoms with van der Waals surface area (Å²) in [5, 5.41) is 0. The standard InChI is InChI=1S/C17H34N2O2/c1-4-17(5-2,20-3)15(19-18)14-9-12-21-16(13-14)10-7-6-8-11-16/h14-15,19H,4-13,18H2,1-3H3. The van der Waals surface area contributed by atoms with Gasteiger partial charge in [-0.25, -0.2) is 0 Å². The third-order valence-corrected chi connectivity index (χ3v) is 6.12. The molecule has 124 valence electrons. The van der Waals surface area contributed by atoms with Crippen molar-refractivity contribution in [2.45, 2.75) is 88.9 Å². The number of hydrogen-bond acceptors (Lipinski definition) is 4. The highest BCUT2D eigenvalue weighted by Gasteiger charge is 2.46. The van der Waals surface area contributed by atoms with E-state index in [-0.39, 0.29) is 17.2 Å². The fourth-order valence-electron chi connectivity index (χ4n) is 4.72. The van der Waals surface area contributed by atoms with Gasteiger partial charge in [-0.1, -0.05) is 33.1 Å². The van der Waals surface area contributed by atoms with Crippen molar-refractivity contribution < 1.29 is 9.47 Å². The van der Waals surface area contributed by atoms with Crippen LogP contribution in [0.25, 0.3) is 0 Å². The molecule has 4 heteroatoms. The highest BCUT2D eigenvalue weighted by molar-refractivity contribution is 5.00. The highest BCUT2D eigenvalue weighted by atomic mass is 16.5. The van der Waals surface area contributed by atoms with Gasteiger partial charge >= 0.3 is 0 Å². The summed E-state index contributed by atoms with van der Waals surface area (Å²) in [4.78, 5) is 0. The Bertz CT molecular complexity index is 298. The summed E-state index contributed by atoms with van der Waals surface area (Å²) < 4.78 is 12.2. The lowest BCUT2D eigenvalue weighted by atomic mass is 9.70. The predicted octanol–water partition coefficient (Wildman–Crippen LogP) is 3.15. The van der Waals surface area contributed by atoms with E-state index >= 15 is 0 Å². The van der Waals surface area contributed by atoms with Gasteiger partial charge in [0.05, 0.1) is 17.2 Å². The zero-order chi connectivity index (χ0) is 15.3. The van der Waals surface area contributed by atoms with E-state index in [1.807, 2.05) is 7.11 Å². The molecule has 1 aliphatic carbocycles. The van der Waals surface area contributed by atoms with Gasteiger partial charge in [0.15, 0.2) is 0 Å². The smallest absolute Gasteiger partial charge is 0.0841 e. The molecule has 1 spiro atoms. The third-order valence-electron chi connectivity index (χ3n) is 6.12. The van der Waals surface area contributed by atoms with Gasteiger partial charge in [-0.15, -0.1) is 0 Å². The van der Waals surface area contributed by atoms with Crippen LogP contribution in [0, 0.1) is 5.92 Å². The van der Waals surface area contributed by atoms with Gasteiger partial charge in [0.25, 0.3) is 0 Å². The quantitative estimate of drug-likeness (QED) is 0.584. The fourth-order valence-corrected chi connectivity index (χ4v) is 4.72. The maximum absolute atomic E-state index is 6.24. The summed E-state index contributed by atoms with van der Waals surface area (Å²) in [7, 11) is 1.83.